The fourth-order valence-corrected chi connectivity index (χ4v) is 2.73. The molecule has 2 aromatic heterocycles. The molecule has 0 aliphatic rings. The summed E-state index contributed by atoms with van der Waals surface area (Å²) in [5.41, 5.74) is 5.42. The highest BCUT2D eigenvalue weighted by Gasteiger charge is 2.04. The van der Waals surface area contributed by atoms with Gasteiger partial charge in [0.15, 0.2) is 5.82 Å². The minimum atomic E-state index is -0.340. The van der Waals surface area contributed by atoms with E-state index in [2.05, 4.69) is 41.4 Å². The molecule has 0 spiro atoms. The minimum Gasteiger partial charge on any atom is -0.241 e. The zero-order chi connectivity index (χ0) is 17.2. The van der Waals surface area contributed by atoms with Crippen molar-refractivity contribution in [2.24, 2.45) is 0 Å². The van der Waals surface area contributed by atoms with Crippen molar-refractivity contribution in [1.29, 1.82) is 0 Å². The van der Waals surface area contributed by atoms with Gasteiger partial charge in [-0.05, 0) is 42.3 Å². The molecule has 0 unspecified atom stereocenters. The van der Waals surface area contributed by atoms with Crippen LogP contribution in [-0.4, -0.2) is 19.6 Å². The number of hydrogen-bond donors (Lipinski definition) is 0. The average Bonchev–Trinajstić information content (AvgIpc) is 3.26. The molecule has 124 valence electrons. The first-order valence-corrected chi connectivity index (χ1v) is 8.07. The fourth-order valence-electron chi connectivity index (χ4n) is 2.73. The summed E-state index contributed by atoms with van der Waals surface area (Å²) in [6.45, 7) is 2.07. The van der Waals surface area contributed by atoms with E-state index in [4.69, 9.17) is 0 Å². The largest absolute Gasteiger partial charge is 0.241 e. The summed E-state index contributed by atoms with van der Waals surface area (Å²) in [5, 5.41) is 8.41. The lowest BCUT2D eigenvalue weighted by Gasteiger charge is -2.03. The van der Waals surface area contributed by atoms with Gasteiger partial charge in [0.2, 0.25) is 0 Å². The average molecular weight is 332 g/mol. The first-order chi connectivity index (χ1) is 12.2. The summed E-state index contributed by atoms with van der Waals surface area (Å²) in [6, 6.07) is 16.2. The Balaban J connectivity index is 1.50. The predicted molar refractivity (Wildman–Crippen MR) is 94.6 cm³/mol. The van der Waals surface area contributed by atoms with E-state index in [0.29, 0.717) is 0 Å². The van der Waals surface area contributed by atoms with Crippen LogP contribution in [0.25, 0.3) is 11.4 Å². The van der Waals surface area contributed by atoms with Crippen LogP contribution in [0.4, 0.5) is 4.39 Å². The molecule has 0 amide bonds. The Kier molecular flexibility index (Phi) is 3.90. The molecule has 4 nitrogen and oxygen atoms in total. The number of rotatable bonds is 4. The molecule has 0 atom stereocenters. The molecule has 4 aromatic rings. The molecule has 0 aliphatic heterocycles. The molecule has 0 saturated heterocycles. The van der Waals surface area contributed by atoms with Gasteiger partial charge in [-0.3, -0.25) is 0 Å². The summed E-state index contributed by atoms with van der Waals surface area (Å²) in [7, 11) is 0. The SMILES string of the molecule is Cc1ccc(-n2cc(Cc3ccc(-n4cc(F)cn4)cc3)cn2)cc1. The summed E-state index contributed by atoms with van der Waals surface area (Å²) < 4.78 is 16.5. The van der Waals surface area contributed by atoms with Crippen molar-refractivity contribution >= 4 is 0 Å². The maximum absolute atomic E-state index is 13.1. The van der Waals surface area contributed by atoms with E-state index in [0.717, 1.165) is 23.4 Å². The van der Waals surface area contributed by atoms with E-state index >= 15 is 0 Å². The lowest BCUT2D eigenvalue weighted by Crippen LogP contribution is -1.95. The van der Waals surface area contributed by atoms with Crippen molar-refractivity contribution in [3.8, 4) is 11.4 Å². The topological polar surface area (TPSA) is 35.6 Å². The van der Waals surface area contributed by atoms with Crippen LogP contribution in [0.15, 0.2) is 73.3 Å². The Morgan fingerprint density at radius 3 is 2.00 bits per heavy atom. The third-order valence-electron chi connectivity index (χ3n) is 4.09. The highest BCUT2D eigenvalue weighted by Crippen LogP contribution is 2.15. The van der Waals surface area contributed by atoms with Crippen LogP contribution in [0.3, 0.4) is 0 Å². The number of nitrogens with zero attached hydrogens (tertiary/aromatic N) is 4. The second kappa shape index (κ2) is 6.36. The number of benzene rings is 2. The number of halogens is 1. The highest BCUT2D eigenvalue weighted by molar-refractivity contribution is 5.37. The standard InChI is InChI=1S/C20H17FN4/c1-15-2-6-19(7-3-15)24-13-17(11-22-24)10-16-4-8-20(9-5-16)25-14-18(21)12-23-25/h2-9,11-14H,10H2,1H3. The molecular formula is C20H17FN4. The Hall–Kier alpha value is -3.21. The molecule has 0 fully saturated rings. The van der Waals surface area contributed by atoms with Gasteiger partial charge in [-0.2, -0.15) is 10.2 Å². The van der Waals surface area contributed by atoms with Gasteiger partial charge >= 0.3 is 0 Å². The lowest BCUT2D eigenvalue weighted by molar-refractivity contribution is 0.627. The zero-order valence-corrected chi connectivity index (χ0v) is 13.8. The summed E-state index contributed by atoms with van der Waals surface area (Å²) >= 11 is 0. The predicted octanol–water partition coefficient (Wildman–Crippen LogP) is 4.10. The minimum absolute atomic E-state index is 0.340. The van der Waals surface area contributed by atoms with Gasteiger partial charge in [-0.25, -0.2) is 13.8 Å². The van der Waals surface area contributed by atoms with Gasteiger partial charge in [0, 0.05) is 12.6 Å². The molecule has 4 rings (SSSR count). The summed E-state index contributed by atoms with van der Waals surface area (Å²) in [6.07, 6.45) is 7.28. The van der Waals surface area contributed by atoms with Crippen molar-refractivity contribution in [3.63, 3.8) is 0 Å². The molecular weight excluding hydrogens is 315 g/mol. The van der Waals surface area contributed by atoms with Crippen LogP contribution in [-0.2, 0) is 6.42 Å². The van der Waals surface area contributed by atoms with Crippen LogP contribution in [0, 0.1) is 12.7 Å². The Labute approximate surface area is 145 Å². The summed E-state index contributed by atoms with van der Waals surface area (Å²) in [4.78, 5) is 0. The van der Waals surface area contributed by atoms with E-state index in [1.165, 1.54) is 28.2 Å². The Morgan fingerprint density at radius 1 is 0.760 bits per heavy atom. The first-order valence-electron chi connectivity index (χ1n) is 8.07. The molecule has 2 heterocycles. The highest BCUT2D eigenvalue weighted by atomic mass is 19.1. The molecule has 2 aromatic carbocycles. The zero-order valence-electron chi connectivity index (χ0n) is 13.8. The van der Waals surface area contributed by atoms with E-state index in [-0.39, 0.29) is 5.82 Å². The second-order valence-corrected chi connectivity index (χ2v) is 6.08. The maximum Gasteiger partial charge on any atom is 0.161 e. The van der Waals surface area contributed by atoms with Crippen LogP contribution < -0.4 is 0 Å². The van der Waals surface area contributed by atoms with Crippen LogP contribution in [0.5, 0.6) is 0 Å². The fraction of sp³-hybridized carbons (Fsp3) is 0.100. The van der Waals surface area contributed by atoms with Crippen molar-refractivity contribution < 1.29 is 4.39 Å². The van der Waals surface area contributed by atoms with Gasteiger partial charge in [0.05, 0.1) is 30.0 Å². The molecule has 0 radical (unpaired) electrons. The van der Waals surface area contributed by atoms with Crippen LogP contribution in [0.1, 0.15) is 16.7 Å². The van der Waals surface area contributed by atoms with Crippen molar-refractivity contribution in [1.82, 2.24) is 19.6 Å². The smallest absolute Gasteiger partial charge is 0.161 e. The van der Waals surface area contributed by atoms with Gasteiger partial charge < -0.3 is 0 Å². The summed E-state index contributed by atoms with van der Waals surface area (Å²) in [5.74, 6) is -0.340. The quantitative estimate of drug-likeness (QED) is 0.564. The molecule has 0 bridgehead atoms. The van der Waals surface area contributed by atoms with Crippen molar-refractivity contribution in [2.45, 2.75) is 13.3 Å². The normalized spacial score (nSPS) is 11.0. The van der Waals surface area contributed by atoms with E-state index in [9.17, 15) is 4.39 Å². The maximum atomic E-state index is 13.1. The number of aryl methyl sites for hydroxylation is 1. The van der Waals surface area contributed by atoms with Gasteiger partial charge in [-0.1, -0.05) is 29.8 Å². The molecule has 0 aliphatic carbocycles. The molecule has 5 heteroatoms. The molecule has 0 saturated carbocycles. The number of aromatic nitrogens is 4. The van der Waals surface area contributed by atoms with E-state index in [1.807, 2.05) is 41.3 Å². The first kappa shape index (κ1) is 15.3. The van der Waals surface area contributed by atoms with Crippen LogP contribution >= 0.6 is 0 Å². The number of hydrogen-bond acceptors (Lipinski definition) is 2. The Bertz CT molecular complexity index is 981. The molecule has 0 N–H and O–H groups in total. The van der Waals surface area contributed by atoms with Gasteiger partial charge in [0.1, 0.15) is 0 Å². The van der Waals surface area contributed by atoms with Crippen molar-refractivity contribution in [3.05, 3.63) is 95.8 Å². The third kappa shape index (κ3) is 3.35. The van der Waals surface area contributed by atoms with E-state index in [1.54, 1.807) is 0 Å². The second-order valence-electron chi connectivity index (χ2n) is 6.08. The van der Waals surface area contributed by atoms with Crippen LogP contribution in [0.2, 0.25) is 0 Å². The van der Waals surface area contributed by atoms with E-state index < -0.39 is 0 Å². The lowest BCUT2D eigenvalue weighted by atomic mass is 10.1. The van der Waals surface area contributed by atoms with Gasteiger partial charge in [-0.15, -0.1) is 0 Å². The van der Waals surface area contributed by atoms with Gasteiger partial charge in [0.25, 0.3) is 0 Å². The third-order valence-corrected chi connectivity index (χ3v) is 4.09. The monoisotopic (exact) mass is 332 g/mol. The Morgan fingerprint density at radius 2 is 1.36 bits per heavy atom. The molecule has 25 heavy (non-hydrogen) atoms. The van der Waals surface area contributed by atoms with Crippen molar-refractivity contribution in [2.75, 3.05) is 0 Å².